The average Bonchev–Trinajstić information content (AvgIpc) is 2.77. The zero-order valence-corrected chi connectivity index (χ0v) is 11.5. The van der Waals surface area contributed by atoms with Crippen molar-refractivity contribution in [2.24, 2.45) is 0 Å². The molecule has 3 rings (SSSR count). The highest BCUT2D eigenvalue weighted by Gasteiger charge is 2.40. The maximum absolute atomic E-state index is 4.12. The average molecular weight is 252 g/mol. The lowest BCUT2D eigenvalue weighted by Gasteiger charge is -2.27. The Bertz CT molecular complexity index is 534. The van der Waals surface area contributed by atoms with Crippen molar-refractivity contribution in [3.8, 4) is 0 Å². The molecule has 0 aliphatic carbocycles. The third kappa shape index (κ3) is 2.41. The second-order valence-electron chi connectivity index (χ2n) is 5.90. The molecule has 2 heterocycles. The number of aromatic nitrogens is 1. The van der Waals surface area contributed by atoms with Crippen molar-refractivity contribution in [2.45, 2.75) is 37.8 Å². The maximum atomic E-state index is 4.12. The molecule has 2 atom stereocenters. The molecule has 0 saturated carbocycles. The van der Waals surface area contributed by atoms with Crippen molar-refractivity contribution in [2.75, 3.05) is 0 Å². The van der Waals surface area contributed by atoms with Gasteiger partial charge < -0.3 is 5.32 Å². The topological polar surface area (TPSA) is 24.9 Å². The first-order chi connectivity index (χ1) is 9.17. The quantitative estimate of drug-likeness (QED) is 0.882. The van der Waals surface area contributed by atoms with Crippen LogP contribution in [0.15, 0.2) is 54.9 Å². The van der Waals surface area contributed by atoms with E-state index in [2.05, 4.69) is 66.6 Å². The standard InChI is InChI=1S/C17H20N2/c1-17(2)15(13-8-10-18-11-9-13)12-16(19-17)14-6-4-3-5-7-14/h3-11,15-16,19H,12H2,1-2H3/t15-,16-/m0/s1. The summed E-state index contributed by atoms with van der Waals surface area (Å²) in [7, 11) is 0. The Hall–Kier alpha value is -1.67. The van der Waals surface area contributed by atoms with E-state index in [9.17, 15) is 0 Å². The van der Waals surface area contributed by atoms with Gasteiger partial charge in [-0.05, 0) is 43.5 Å². The van der Waals surface area contributed by atoms with Crippen molar-refractivity contribution >= 4 is 0 Å². The second kappa shape index (κ2) is 4.78. The van der Waals surface area contributed by atoms with E-state index in [1.54, 1.807) is 0 Å². The van der Waals surface area contributed by atoms with Gasteiger partial charge in [0.25, 0.3) is 0 Å². The fraction of sp³-hybridized carbons (Fsp3) is 0.353. The fourth-order valence-electron chi connectivity index (χ4n) is 3.19. The molecule has 0 bridgehead atoms. The number of nitrogens with one attached hydrogen (secondary N) is 1. The summed E-state index contributed by atoms with van der Waals surface area (Å²) in [6, 6.07) is 15.4. The molecule has 2 nitrogen and oxygen atoms in total. The largest absolute Gasteiger partial charge is 0.304 e. The highest BCUT2D eigenvalue weighted by molar-refractivity contribution is 5.28. The summed E-state index contributed by atoms with van der Waals surface area (Å²) in [4.78, 5) is 4.12. The summed E-state index contributed by atoms with van der Waals surface area (Å²) in [6.45, 7) is 4.59. The van der Waals surface area contributed by atoms with Crippen molar-refractivity contribution < 1.29 is 0 Å². The zero-order chi connectivity index (χ0) is 13.3. The molecular weight excluding hydrogens is 232 g/mol. The molecule has 0 radical (unpaired) electrons. The fourth-order valence-corrected chi connectivity index (χ4v) is 3.19. The van der Waals surface area contributed by atoms with Gasteiger partial charge in [0.2, 0.25) is 0 Å². The van der Waals surface area contributed by atoms with Gasteiger partial charge in [-0.25, -0.2) is 0 Å². The molecule has 2 heteroatoms. The molecular formula is C17H20N2. The van der Waals surface area contributed by atoms with Gasteiger partial charge in [-0.1, -0.05) is 30.3 Å². The van der Waals surface area contributed by atoms with Crippen LogP contribution in [0.3, 0.4) is 0 Å². The summed E-state index contributed by atoms with van der Waals surface area (Å²) in [5, 5.41) is 3.77. The first-order valence-corrected chi connectivity index (χ1v) is 6.89. The van der Waals surface area contributed by atoms with Gasteiger partial charge in [-0.15, -0.1) is 0 Å². The lowest BCUT2D eigenvalue weighted by atomic mass is 9.83. The highest BCUT2D eigenvalue weighted by atomic mass is 15.0. The van der Waals surface area contributed by atoms with Crippen LogP contribution in [0, 0.1) is 0 Å². The summed E-state index contributed by atoms with van der Waals surface area (Å²) in [5.74, 6) is 0.528. The van der Waals surface area contributed by atoms with E-state index in [-0.39, 0.29) is 5.54 Å². The molecule has 1 saturated heterocycles. The maximum Gasteiger partial charge on any atom is 0.0331 e. The number of hydrogen-bond donors (Lipinski definition) is 1. The highest BCUT2D eigenvalue weighted by Crippen LogP contribution is 2.43. The van der Waals surface area contributed by atoms with E-state index >= 15 is 0 Å². The van der Waals surface area contributed by atoms with Crippen LogP contribution < -0.4 is 5.32 Å². The third-order valence-electron chi connectivity index (χ3n) is 4.20. The Kier molecular flexibility index (Phi) is 3.11. The first kappa shape index (κ1) is 12.4. The number of hydrogen-bond acceptors (Lipinski definition) is 2. The van der Waals surface area contributed by atoms with Crippen LogP contribution >= 0.6 is 0 Å². The van der Waals surface area contributed by atoms with Gasteiger partial charge in [-0.2, -0.15) is 0 Å². The van der Waals surface area contributed by atoms with Crippen LogP contribution in [0.5, 0.6) is 0 Å². The molecule has 0 amide bonds. The van der Waals surface area contributed by atoms with Crippen LogP contribution in [-0.4, -0.2) is 10.5 Å². The van der Waals surface area contributed by atoms with Gasteiger partial charge >= 0.3 is 0 Å². The summed E-state index contributed by atoms with van der Waals surface area (Å²) in [5.41, 5.74) is 2.88. The SMILES string of the molecule is CC1(C)N[C@H](c2ccccc2)C[C@H]1c1ccncc1. The van der Waals surface area contributed by atoms with E-state index in [4.69, 9.17) is 0 Å². The predicted octanol–water partition coefficient (Wildman–Crippen LogP) is 3.68. The second-order valence-corrected chi connectivity index (χ2v) is 5.90. The van der Waals surface area contributed by atoms with Crippen LogP contribution in [0.25, 0.3) is 0 Å². The Balaban J connectivity index is 1.88. The molecule has 19 heavy (non-hydrogen) atoms. The summed E-state index contributed by atoms with van der Waals surface area (Å²) >= 11 is 0. The molecule has 1 aliphatic rings. The number of nitrogens with zero attached hydrogens (tertiary/aromatic N) is 1. The Morgan fingerprint density at radius 2 is 1.68 bits per heavy atom. The number of rotatable bonds is 2. The molecule has 1 aliphatic heterocycles. The number of pyridine rings is 1. The van der Waals surface area contributed by atoms with Crippen molar-refractivity contribution in [3.63, 3.8) is 0 Å². The van der Waals surface area contributed by atoms with Crippen LogP contribution in [-0.2, 0) is 0 Å². The summed E-state index contributed by atoms with van der Waals surface area (Å²) < 4.78 is 0. The van der Waals surface area contributed by atoms with E-state index < -0.39 is 0 Å². The van der Waals surface area contributed by atoms with Crippen LogP contribution in [0.2, 0.25) is 0 Å². The molecule has 1 fully saturated rings. The minimum absolute atomic E-state index is 0.113. The molecule has 98 valence electrons. The first-order valence-electron chi connectivity index (χ1n) is 6.89. The Labute approximate surface area is 114 Å². The van der Waals surface area contributed by atoms with Crippen molar-refractivity contribution in [1.29, 1.82) is 0 Å². The minimum atomic E-state index is 0.113. The lowest BCUT2D eigenvalue weighted by molar-refractivity contribution is 0.397. The third-order valence-corrected chi connectivity index (χ3v) is 4.20. The van der Waals surface area contributed by atoms with Crippen molar-refractivity contribution in [3.05, 3.63) is 66.0 Å². The predicted molar refractivity (Wildman–Crippen MR) is 78.0 cm³/mol. The minimum Gasteiger partial charge on any atom is -0.304 e. The van der Waals surface area contributed by atoms with Gasteiger partial charge in [0.05, 0.1) is 0 Å². The van der Waals surface area contributed by atoms with E-state index in [1.165, 1.54) is 11.1 Å². The van der Waals surface area contributed by atoms with Gasteiger partial charge in [-0.3, -0.25) is 4.98 Å². The monoisotopic (exact) mass is 252 g/mol. The molecule has 0 unspecified atom stereocenters. The zero-order valence-electron chi connectivity index (χ0n) is 11.5. The molecule has 1 aromatic heterocycles. The van der Waals surface area contributed by atoms with Gasteiger partial charge in [0.15, 0.2) is 0 Å². The molecule has 0 spiro atoms. The normalized spacial score (nSPS) is 25.4. The van der Waals surface area contributed by atoms with Crippen LogP contribution in [0.4, 0.5) is 0 Å². The van der Waals surface area contributed by atoms with Crippen molar-refractivity contribution in [1.82, 2.24) is 10.3 Å². The van der Waals surface area contributed by atoms with E-state index in [1.807, 2.05) is 12.4 Å². The van der Waals surface area contributed by atoms with E-state index in [0.717, 1.165) is 6.42 Å². The summed E-state index contributed by atoms with van der Waals surface area (Å²) in [6.07, 6.45) is 4.92. The van der Waals surface area contributed by atoms with Gasteiger partial charge in [0, 0.05) is 29.9 Å². The van der Waals surface area contributed by atoms with E-state index in [0.29, 0.717) is 12.0 Å². The molecule has 1 aromatic carbocycles. The number of benzene rings is 1. The Morgan fingerprint density at radius 3 is 2.37 bits per heavy atom. The smallest absolute Gasteiger partial charge is 0.0331 e. The van der Waals surface area contributed by atoms with Gasteiger partial charge in [0.1, 0.15) is 0 Å². The molecule has 2 aromatic rings. The lowest BCUT2D eigenvalue weighted by Crippen LogP contribution is -2.37. The Morgan fingerprint density at radius 1 is 1.00 bits per heavy atom. The van der Waals surface area contributed by atoms with Crippen LogP contribution in [0.1, 0.15) is 43.4 Å². The molecule has 1 N–H and O–H groups in total.